The molecule has 0 bridgehead atoms. The van der Waals surface area contributed by atoms with Crippen LogP contribution in [0.1, 0.15) is 22.6 Å². The molecular formula is C63H43N3. The Morgan fingerprint density at radius 3 is 1.47 bits per heavy atom. The van der Waals surface area contributed by atoms with Crippen molar-refractivity contribution in [2.75, 3.05) is 0 Å². The smallest absolute Gasteiger partial charge is 0.0579 e. The van der Waals surface area contributed by atoms with E-state index in [2.05, 4.69) is 244 Å². The van der Waals surface area contributed by atoms with Crippen molar-refractivity contribution in [2.45, 2.75) is 18.8 Å². The zero-order valence-corrected chi connectivity index (χ0v) is 36.3. The second-order valence-electron chi connectivity index (χ2n) is 18.0. The van der Waals surface area contributed by atoms with Crippen LogP contribution in [0.15, 0.2) is 231 Å². The van der Waals surface area contributed by atoms with E-state index in [4.69, 9.17) is 0 Å². The molecule has 0 radical (unpaired) electrons. The molecule has 3 nitrogen and oxygen atoms in total. The molecule has 0 saturated carbocycles. The van der Waals surface area contributed by atoms with Gasteiger partial charge in [0.05, 0.1) is 33.1 Å². The fourth-order valence-corrected chi connectivity index (χ4v) is 11.5. The normalized spacial score (nSPS) is 13.8. The lowest BCUT2D eigenvalue weighted by Gasteiger charge is -2.18. The van der Waals surface area contributed by atoms with Gasteiger partial charge in [0.2, 0.25) is 0 Å². The van der Waals surface area contributed by atoms with Crippen LogP contribution in [0.25, 0.3) is 105 Å². The molecule has 1 unspecified atom stereocenters. The Hall–Kier alpha value is -8.40. The Kier molecular flexibility index (Phi) is 8.17. The number of para-hydroxylation sites is 5. The summed E-state index contributed by atoms with van der Waals surface area (Å²) in [5, 5.41) is 7.61. The van der Waals surface area contributed by atoms with Crippen LogP contribution in [-0.2, 0) is 12.8 Å². The molecule has 1 atom stereocenters. The Balaban J connectivity index is 1.01. The number of fused-ring (bicyclic) bond motifs is 13. The van der Waals surface area contributed by atoms with Gasteiger partial charge in [0, 0.05) is 49.4 Å². The Morgan fingerprint density at radius 2 is 0.803 bits per heavy atom. The molecule has 3 heterocycles. The van der Waals surface area contributed by atoms with Gasteiger partial charge in [-0.2, -0.15) is 0 Å². The molecule has 0 amide bonds. The standard InChI is InChI=1S/C63H43N3/c1-5-17-41(18-6-1)45-35-44-30-29-42(36-53(44)49-32-33-52-50-25-13-16-28-59(50)66(63(52)57(49)38-45)48-23-11-4-12-24-48)43-31-34-60-54(37-43)56-39-55-51-26-14-15-27-58(51)64(46-19-7-2-8-20-46)61(55)40-62(56)65(60)47-21-9-3-10-22-47/h1-34,36-37,39-40,45H,35,38H2. The average molecular weight is 842 g/mol. The van der Waals surface area contributed by atoms with E-state index in [1.807, 2.05) is 0 Å². The molecule has 1 aliphatic rings. The van der Waals surface area contributed by atoms with Gasteiger partial charge < -0.3 is 13.7 Å². The SMILES string of the molecule is c1ccc(C2Cc3ccc(-c4ccc5c(c4)c4cc6c7ccccc7n(-c7ccccc7)c6cc4n5-c4ccccc4)cc3-c3ccc4c5ccccc5n(-c5ccccc5)c4c3C2)cc1. The van der Waals surface area contributed by atoms with E-state index in [0.717, 1.165) is 24.2 Å². The predicted octanol–water partition coefficient (Wildman–Crippen LogP) is 16.2. The van der Waals surface area contributed by atoms with Crippen LogP contribution in [-0.4, -0.2) is 13.7 Å². The molecular weight excluding hydrogens is 799 g/mol. The van der Waals surface area contributed by atoms with Crippen molar-refractivity contribution in [3.63, 3.8) is 0 Å². The average Bonchev–Trinajstić information content (AvgIpc) is 3.97. The first-order valence-electron chi connectivity index (χ1n) is 23.2. The molecule has 10 aromatic carbocycles. The number of benzene rings is 10. The zero-order chi connectivity index (χ0) is 43.3. The van der Waals surface area contributed by atoms with E-state index in [0.29, 0.717) is 5.92 Å². The Bertz CT molecular complexity index is 4020. The number of aromatic nitrogens is 3. The summed E-state index contributed by atoms with van der Waals surface area (Å²) in [6.07, 6.45) is 1.92. The maximum atomic E-state index is 2.52. The summed E-state index contributed by atoms with van der Waals surface area (Å²) in [6.45, 7) is 0. The van der Waals surface area contributed by atoms with Gasteiger partial charge in [-0.25, -0.2) is 0 Å². The first kappa shape index (κ1) is 37.0. The summed E-state index contributed by atoms with van der Waals surface area (Å²) in [5.74, 6) is 0.329. The molecule has 0 saturated heterocycles. The maximum absolute atomic E-state index is 2.52. The molecule has 0 aliphatic heterocycles. The fourth-order valence-electron chi connectivity index (χ4n) is 11.5. The predicted molar refractivity (Wildman–Crippen MR) is 277 cm³/mol. The van der Waals surface area contributed by atoms with Gasteiger partial charge in [-0.15, -0.1) is 0 Å². The van der Waals surface area contributed by atoms with Crippen LogP contribution < -0.4 is 0 Å². The van der Waals surface area contributed by atoms with E-state index < -0.39 is 0 Å². The summed E-state index contributed by atoms with van der Waals surface area (Å²) in [4.78, 5) is 0. The van der Waals surface area contributed by atoms with Crippen LogP contribution >= 0.6 is 0 Å². The summed E-state index contributed by atoms with van der Waals surface area (Å²) in [7, 11) is 0. The highest BCUT2D eigenvalue weighted by molar-refractivity contribution is 6.20. The van der Waals surface area contributed by atoms with Gasteiger partial charge in [0.1, 0.15) is 0 Å². The monoisotopic (exact) mass is 841 g/mol. The molecule has 66 heavy (non-hydrogen) atoms. The Labute approximate surface area is 382 Å². The van der Waals surface area contributed by atoms with Crippen molar-refractivity contribution in [1.82, 2.24) is 13.7 Å². The number of hydrogen-bond acceptors (Lipinski definition) is 0. The number of hydrogen-bond donors (Lipinski definition) is 0. The topological polar surface area (TPSA) is 14.8 Å². The molecule has 14 rings (SSSR count). The van der Waals surface area contributed by atoms with Crippen molar-refractivity contribution in [3.8, 4) is 39.3 Å². The lowest BCUT2D eigenvalue weighted by molar-refractivity contribution is 0.690. The third-order valence-corrected chi connectivity index (χ3v) is 14.5. The van der Waals surface area contributed by atoms with E-state index in [9.17, 15) is 0 Å². The molecule has 0 N–H and O–H groups in total. The van der Waals surface area contributed by atoms with Crippen molar-refractivity contribution in [1.29, 1.82) is 0 Å². The van der Waals surface area contributed by atoms with Gasteiger partial charge in [-0.3, -0.25) is 0 Å². The molecule has 1 aliphatic carbocycles. The minimum Gasteiger partial charge on any atom is -0.309 e. The largest absolute Gasteiger partial charge is 0.309 e. The highest BCUT2D eigenvalue weighted by Crippen LogP contribution is 2.46. The third kappa shape index (κ3) is 5.56. The first-order chi connectivity index (χ1) is 32.7. The first-order valence-corrected chi connectivity index (χ1v) is 23.2. The van der Waals surface area contributed by atoms with E-state index in [-0.39, 0.29) is 0 Å². The quantitative estimate of drug-likeness (QED) is 0.164. The van der Waals surface area contributed by atoms with Gasteiger partial charge in [0.15, 0.2) is 0 Å². The maximum Gasteiger partial charge on any atom is 0.0579 e. The summed E-state index contributed by atoms with van der Waals surface area (Å²) in [6, 6.07) is 85.6. The number of rotatable bonds is 5. The third-order valence-electron chi connectivity index (χ3n) is 14.5. The molecule has 13 aromatic rings. The van der Waals surface area contributed by atoms with Crippen LogP contribution in [0.4, 0.5) is 0 Å². The highest BCUT2D eigenvalue weighted by atomic mass is 15.0. The Morgan fingerprint density at radius 1 is 0.303 bits per heavy atom. The van der Waals surface area contributed by atoms with E-state index >= 15 is 0 Å². The minimum atomic E-state index is 0.329. The van der Waals surface area contributed by atoms with Crippen molar-refractivity contribution in [2.24, 2.45) is 0 Å². The molecule has 0 spiro atoms. The van der Waals surface area contributed by atoms with Crippen LogP contribution in [0, 0.1) is 0 Å². The molecule has 0 fully saturated rings. The molecule has 3 heteroatoms. The van der Waals surface area contributed by atoms with Gasteiger partial charge in [-0.05, 0) is 137 Å². The fraction of sp³-hybridized carbons (Fsp3) is 0.0476. The second-order valence-corrected chi connectivity index (χ2v) is 18.0. The zero-order valence-electron chi connectivity index (χ0n) is 36.3. The van der Waals surface area contributed by atoms with Gasteiger partial charge >= 0.3 is 0 Å². The van der Waals surface area contributed by atoms with Crippen LogP contribution in [0.3, 0.4) is 0 Å². The summed E-state index contributed by atoms with van der Waals surface area (Å²) in [5.41, 5.74) is 20.2. The highest BCUT2D eigenvalue weighted by Gasteiger charge is 2.28. The van der Waals surface area contributed by atoms with Gasteiger partial charge in [-0.1, -0.05) is 152 Å². The van der Waals surface area contributed by atoms with Gasteiger partial charge in [0.25, 0.3) is 0 Å². The number of nitrogens with zero attached hydrogens (tertiary/aromatic N) is 3. The molecule has 3 aromatic heterocycles. The van der Waals surface area contributed by atoms with Crippen molar-refractivity contribution in [3.05, 3.63) is 247 Å². The summed E-state index contributed by atoms with van der Waals surface area (Å²) >= 11 is 0. The molecule has 310 valence electrons. The summed E-state index contributed by atoms with van der Waals surface area (Å²) < 4.78 is 7.39. The van der Waals surface area contributed by atoms with Crippen molar-refractivity contribution < 1.29 is 0 Å². The lowest BCUT2D eigenvalue weighted by atomic mass is 9.88. The lowest BCUT2D eigenvalue weighted by Crippen LogP contribution is -2.06. The second kappa shape index (κ2) is 14.6. The van der Waals surface area contributed by atoms with E-state index in [1.165, 1.54) is 110 Å². The minimum absolute atomic E-state index is 0.329. The van der Waals surface area contributed by atoms with Crippen LogP contribution in [0.2, 0.25) is 0 Å². The van der Waals surface area contributed by atoms with Crippen LogP contribution in [0.5, 0.6) is 0 Å². The van der Waals surface area contributed by atoms with E-state index in [1.54, 1.807) is 0 Å². The van der Waals surface area contributed by atoms with Crippen molar-refractivity contribution >= 4 is 65.4 Å².